The molecule has 0 aliphatic heterocycles. The second kappa shape index (κ2) is 8.47. The Morgan fingerprint density at radius 3 is 2.53 bits per heavy atom. The fourth-order valence-corrected chi connectivity index (χ4v) is 1.21. The summed E-state index contributed by atoms with van der Waals surface area (Å²) in [5.74, 6) is 0.0659. The molecule has 4 nitrogen and oxygen atoms in total. The minimum absolute atomic E-state index is 0.0659. The van der Waals surface area contributed by atoms with Crippen molar-refractivity contribution in [1.29, 1.82) is 0 Å². The topological polar surface area (TPSA) is 53.2 Å². The fraction of sp³-hybridized carbons (Fsp3) is 0.800. The van der Waals surface area contributed by atoms with E-state index in [1.165, 1.54) is 0 Å². The van der Waals surface area contributed by atoms with Crippen LogP contribution in [0.5, 0.6) is 0 Å². The Bertz CT molecular complexity index is 209. The largest absolute Gasteiger partial charge is 0.363 e. The van der Waals surface area contributed by atoms with E-state index in [2.05, 4.69) is 16.0 Å². The van der Waals surface area contributed by atoms with Crippen LogP contribution < -0.4 is 16.0 Å². The van der Waals surface area contributed by atoms with E-state index in [1.807, 2.05) is 20.8 Å². The molecule has 15 heavy (non-hydrogen) atoms. The quantitative estimate of drug-likeness (QED) is 0.591. The minimum Gasteiger partial charge on any atom is -0.363 e. The van der Waals surface area contributed by atoms with Crippen LogP contribution in [0.15, 0.2) is 0 Å². The SMILES string of the molecule is CCNC(=S)NCCC(=O)NC(C)CC. The van der Waals surface area contributed by atoms with E-state index in [0.29, 0.717) is 18.1 Å². The van der Waals surface area contributed by atoms with Gasteiger partial charge in [0.2, 0.25) is 5.91 Å². The smallest absolute Gasteiger partial charge is 0.221 e. The molecule has 0 heterocycles. The monoisotopic (exact) mass is 231 g/mol. The molecule has 0 bridgehead atoms. The van der Waals surface area contributed by atoms with Crippen LogP contribution in [0.4, 0.5) is 0 Å². The Balaban J connectivity index is 3.50. The molecule has 0 aliphatic carbocycles. The van der Waals surface area contributed by atoms with Gasteiger partial charge in [-0.25, -0.2) is 0 Å². The van der Waals surface area contributed by atoms with Crippen LogP contribution in [-0.4, -0.2) is 30.2 Å². The Morgan fingerprint density at radius 2 is 2.00 bits per heavy atom. The summed E-state index contributed by atoms with van der Waals surface area (Å²) in [5.41, 5.74) is 0. The Kier molecular flexibility index (Phi) is 7.99. The zero-order chi connectivity index (χ0) is 11.7. The molecule has 0 aromatic carbocycles. The van der Waals surface area contributed by atoms with Crippen molar-refractivity contribution < 1.29 is 4.79 Å². The lowest BCUT2D eigenvalue weighted by Gasteiger charge is -2.12. The van der Waals surface area contributed by atoms with Crippen LogP contribution in [0.1, 0.15) is 33.6 Å². The lowest BCUT2D eigenvalue weighted by Crippen LogP contribution is -2.38. The highest BCUT2D eigenvalue weighted by molar-refractivity contribution is 7.80. The molecule has 1 unspecified atom stereocenters. The molecule has 5 heteroatoms. The first-order valence-electron chi connectivity index (χ1n) is 5.41. The van der Waals surface area contributed by atoms with Crippen molar-refractivity contribution in [3.63, 3.8) is 0 Å². The normalized spacial score (nSPS) is 11.7. The van der Waals surface area contributed by atoms with Crippen LogP contribution in [0.25, 0.3) is 0 Å². The minimum atomic E-state index is 0.0659. The van der Waals surface area contributed by atoms with E-state index >= 15 is 0 Å². The first-order chi connectivity index (χ1) is 7.10. The summed E-state index contributed by atoms with van der Waals surface area (Å²) in [6, 6.07) is 0.248. The fourth-order valence-electron chi connectivity index (χ4n) is 0.962. The highest BCUT2D eigenvalue weighted by Crippen LogP contribution is 1.88. The lowest BCUT2D eigenvalue weighted by molar-refractivity contribution is -0.121. The molecular weight excluding hydrogens is 210 g/mol. The summed E-state index contributed by atoms with van der Waals surface area (Å²) in [6.45, 7) is 7.39. The van der Waals surface area contributed by atoms with E-state index in [-0.39, 0.29) is 11.9 Å². The predicted molar refractivity (Wildman–Crippen MR) is 66.8 cm³/mol. The Morgan fingerprint density at radius 1 is 1.33 bits per heavy atom. The van der Waals surface area contributed by atoms with E-state index in [1.54, 1.807) is 0 Å². The Labute approximate surface area is 97.2 Å². The molecule has 0 radical (unpaired) electrons. The highest BCUT2D eigenvalue weighted by Gasteiger charge is 2.04. The molecule has 3 N–H and O–H groups in total. The van der Waals surface area contributed by atoms with Crippen molar-refractivity contribution in [2.75, 3.05) is 13.1 Å². The van der Waals surface area contributed by atoms with Gasteiger partial charge in [0.25, 0.3) is 0 Å². The zero-order valence-corrected chi connectivity index (χ0v) is 10.5. The van der Waals surface area contributed by atoms with Crippen molar-refractivity contribution in [2.24, 2.45) is 0 Å². The van der Waals surface area contributed by atoms with Crippen molar-refractivity contribution in [3.8, 4) is 0 Å². The second-order valence-corrected chi connectivity index (χ2v) is 3.82. The van der Waals surface area contributed by atoms with Crippen molar-refractivity contribution in [2.45, 2.75) is 39.7 Å². The van der Waals surface area contributed by atoms with Crippen molar-refractivity contribution >= 4 is 23.2 Å². The number of nitrogens with one attached hydrogen (secondary N) is 3. The number of carbonyl (C=O) groups excluding carboxylic acids is 1. The molecule has 0 spiro atoms. The number of thiocarbonyl (C=S) groups is 1. The summed E-state index contributed by atoms with van der Waals surface area (Å²) in [4.78, 5) is 11.3. The molecular formula is C10H21N3OS. The molecule has 1 amide bonds. The second-order valence-electron chi connectivity index (χ2n) is 3.41. The van der Waals surface area contributed by atoms with Crippen LogP contribution in [0.3, 0.4) is 0 Å². The van der Waals surface area contributed by atoms with Crippen molar-refractivity contribution in [1.82, 2.24) is 16.0 Å². The summed E-state index contributed by atoms with van der Waals surface area (Å²) < 4.78 is 0. The van der Waals surface area contributed by atoms with Gasteiger partial charge in [-0.15, -0.1) is 0 Å². The molecule has 0 aromatic rings. The third-order valence-electron chi connectivity index (χ3n) is 1.99. The molecule has 0 aromatic heterocycles. The highest BCUT2D eigenvalue weighted by atomic mass is 32.1. The van der Waals surface area contributed by atoms with Gasteiger partial charge in [0.15, 0.2) is 5.11 Å². The number of hydrogen-bond donors (Lipinski definition) is 3. The summed E-state index contributed by atoms with van der Waals surface area (Å²) in [6.07, 6.45) is 1.41. The summed E-state index contributed by atoms with van der Waals surface area (Å²) in [7, 11) is 0. The van der Waals surface area contributed by atoms with Crippen LogP contribution in [0.2, 0.25) is 0 Å². The third-order valence-corrected chi connectivity index (χ3v) is 2.28. The molecule has 0 fully saturated rings. The van der Waals surface area contributed by atoms with E-state index in [0.717, 1.165) is 13.0 Å². The number of hydrogen-bond acceptors (Lipinski definition) is 2. The summed E-state index contributed by atoms with van der Waals surface area (Å²) in [5, 5.41) is 9.42. The predicted octanol–water partition coefficient (Wildman–Crippen LogP) is 0.775. The van der Waals surface area contributed by atoms with Gasteiger partial charge in [-0.05, 0) is 32.5 Å². The van der Waals surface area contributed by atoms with Gasteiger partial charge in [0, 0.05) is 25.6 Å². The van der Waals surface area contributed by atoms with Gasteiger partial charge in [-0.1, -0.05) is 6.92 Å². The number of amides is 1. The zero-order valence-electron chi connectivity index (χ0n) is 9.72. The Hall–Kier alpha value is -0.840. The number of rotatable bonds is 6. The molecule has 0 saturated carbocycles. The van der Waals surface area contributed by atoms with Crippen LogP contribution >= 0.6 is 12.2 Å². The molecule has 0 saturated heterocycles. The van der Waals surface area contributed by atoms with E-state index in [4.69, 9.17) is 12.2 Å². The lowest BCUT2D eigenvalue weighted by atomic mass is 10.2. The first kappa shape index (κ1) is 14.2. The molecule has 0 rings (SSSR count). The number of carbonyl (C=O) groups is 1. The van der Waals surface area contributed by atoms with Gasteiger partial charge < -0.3 is 16.0 Å². The maximum Gasteiger partial charge on any atom is 0.221 e. The van der Waals surface area contributed by atoms with E-state index in [9.17, 15) is 4.79 Å². The molecule has 88 valence electrons. The molecule has 0 aliphatic rings. The third kappa shape index (κ3) is 8.17. The average molecular weight is 231 g/mol. The van der Waals surface area contributed by atoms with Gasteiger partial charge in [-0.3, -0.25) is 4.79 Å². The maximum absolute atomic E-state index is 11.3. The van der Waals surface area contributed by atoms with Crippen LogP contribution in [0, 0.1) is 0 Å². The van der Waals surface area contributed by atoms with Gasteiger partial charge >= 0.3 is 0 Å². The first-order valence-corrected chi connectivity index (χ1v) is 5.82. The van der Waals surface area contributed by atoms with Gasteiger partial charge in [0.1, 0.15) is 0 Å². The molecule has 1 atom stereocenters. The maximum atomic E-state index is 11.3. The van der Waals surface area contributed by atoms with E-state index < -0.39 is 0 Å². The van der Waals surface area contributed by atoms with Gasteiger partial charge in [0.05, 0.1) is 0 Å². The van der Waals surface area contributed by atoms with Crippen LogP contribution in [-0.2, 0) is 4.79 Å². The summed E-state index contributed by atoms with van der Waals surface area (Å²) >= 11 is 4.96. The average Bonchev–Trinajstić information content (AvgIpc) is 2.18. The van der Waals surface area contributed by atoms with Crippen molar-refractivity contribution in [3.05, 3.63) is 0 Å². The standard InChI is InChI=1S/C10H21N3OS/c1-4-8(3)13-9(14)6-7-12-10(15)11-5-2/h8H,4-7H2,1-3H3,(H,13,14)(H2,11,12,15). The van der Waals surface area contributed by atoms with Gasteiger partial charge in [-0.2, -0.15) is 0 Å².